The second-order valence-corrected chi connectivity index (χ2v) is 6.02. The predicted octanol–water partition coefficient (Wildman–Crippen LogP) is 4.67. The molecule has 130 valence electrons. The molecule has 0 atom stereocenters. The number of hydrogen-bond acceptors (Lipinski definition) is 3. The maximum absolute atomic E-state index is 5.94. The summed E-state index contributed by atoms with van der Waals surface area (Å²) in [5.41, 5.74) is 3.17. The van der Waals surface area contributed by atoms with Crippen molar-refractivity contribution in [3.63, 3.8) is 0 Å². The SMILES string of the molecule is COc1ccccc1Cn1c(COc2ccccc2)nc2ccccc21. The van der Waals surface area contributed by atoms with Gasteiger partial charge in [-0.05, 0) is 30.3 Å². The lowest BCUT2D eigenvalue weighted by atomic mass is 10.2. The first-order valence-electron chi connectivity index (χ1n) is 8.59. The quantitative estimate of drug-likeness (QED) is 0.510. The molecule has 4 nitrogen and oxygen atoms in total. The van der Waals surface area contributed by atoms with Gasteiger partial charge in [-0.1, -0.05) is 48.5 Å². The molecule has 0 aliphatic heterocycles. The zero-order valence-electron chi connectivity index (χ0n) is 14.6. The average molecular weight is 344 g/mol. The van der Waals surface area contributed by atoms with Gasteiger partial charge in [-0.15, -0.1) is 0 Å². The van der Waals surface area contributed by atoms with Crippen LogP contribution in [0.15, 0.2) is 78.9 Å². The fraction of sp³-hybridized carbons (Fsp3) is 0.136. The number of rotatable bonds is 6. The lowest BCUT2D eigenvalue weighted by Gasteiger charge is -2.13. The number of para-hydroxylation sites is 4. The van der Waals surface area contributed by atoms with E-state index in [1.807, 2.05) is 66.7 Å². The van der Waals surface area contributed by atoms with E-state index in [1.165, 1.54) is 0 Å². The number of benzene rings is 3. The molecule has 0 aliphatic rings. The third-order valence-electron chi connectivity index (χ3n) is 4.37. The van der Waals surface area contributed by atoms with Gasteiger partial charge in [0.1, 0.15) is 23.9 Å². The van der Waals surface area contributed by atoms with Crippen LogP contribution in [-0.2, 0) is 13.2 Å². The van der Waals surface area contributed by atoms with Gasteiger partial charge >= 0.3 is 0 Å². The molecule has 3 aromatic carbocycles. The standard InChI is InChI=1S/C22H20N2O2/c1-25-21-14-8-5-9-17(21)15-24-20-13-7-6-12-19(20)23-22(24)16-26-18-10-3-2-4-11-18/h2-14H,15-16H2,1H3. The molecule has 1 heterocycles. The van der Waals surface area contributed by atoms with Crippen molar-refractivity contribution in [2.75, 3.05) is 7.11 Å². The van der Waals surface area contributed by atoms with Crippen LogP contribution in [0.5, 0.6) is 11.5 Å². The third-order valence-corrected chi connectivity index (χ3v) is 4.37. The number of imidazole rings is 1. The Kier molecular flexibility index (Phi) is 4.56. The Labute approximate surface area is 152 Å². The van der Waals surface area contributed by atoms with Crippen molar-refractivity contribution in [3.05, 3.63) is 90.3 Å². The molecule has 0 saturated carbocycles. The molecule has 0 amide bonds. The summed E-state index contributed by atoms with van der Waals surface area (Å²) in [6.07, 6.45) is 0. The summed E-state index contributed by atoms with van der Waals surface area (Å²) in [6, 6.07) is 26.0. The van der Waals surface area contributed by atoms with Gasteiger partial charge in [0.2, 0.25) is 0 Å². The zero-order chi connectivity index (χ0) is 17.8. The van der Waals surface area contributed by atoms with Crippen LogP contribution in [0.1, 0.15) is 11.4 Å². The van der Waals surface area contributed by atoms with Crippen molar-refractivity contribution in [2.24, 2.45) is 0 Å². The molecule has 4 rings (SSSR count). The first-order valence-corrected chi connectivity index (χ1v) is 8.59. The van der Waals surface area contributed by atoms with Gasteiger partial charge in [0.25, 0.3) is 0 Å². The van der Waals surface area contributed by atoms with E-state index >= 15 is 0 Å². The van der Waals surface area contributed by atoms with Gasteiger partial charge < -0.3 is 14.0 Å². The van der Waals surface area contributed by atoms with Crippen molar-refractivity contribution in [1.82, 2.24) is 9.55 Å². The van der Waals surface area contributed by atoms with Gasteiger partial charge in [0.05, 0.1) is 24.7 Å². The fourth-order valence-electron chi connectivity index (χ4n) is 3.08. The summed E-state index contributed by atoms with van der Waals surface area (Å²) in [4.78, 5) is 4.78. The topological polar surface area (TPSA) is 36.3 Å². The second-order valence-electron chi connectivity index (χ2n) is 6.02. The fourth-order valence-corrected chi connectivity index (χ4v) is 3.08. The van der Waals surface area contributed by atoms with E-state index in [9.17, 15) is 0 Å². The molecular formula is C22H20N2O2. The molecule has 4 heteroatoms. The highest BCUT2D eigenvalue weighted by Gasteiger charge is 2.13. The van der Waals surface area contributed by atoms with E-state index < -0.39 is 0 Å². The summed E-state index contributed by atoms with van der Waals surface area (Å²) in [6.45, 7) is 1.09. The number of ether oxygens (including phenoxy) is 2. The van der Waals surface area contributed by atoms with E-state index in [0.717, 1.165) is 33.9 Å². The minimum Gasteiger partial charge on any atom is -0.496 e. The monoisotopic (exact) mass is 344 g/mol. The zero-order valence-corrected chi connectivity index (χ0v) is 14.6. The molecule has 0 saturated heterocycles. The summed E-state index contributed by atoms with van der Waals surface area (Å²) < 4.78 is 13.6. The molecule has 0 fully saturated rings. The van der Waals surface area contributed by atoms with Crippen molar-refractivity contribution >= 4 is 11.0 Å². The first kappa shape index (κ1) is 16.2. The van der Waals surface area contributed by atoms with E-state index in [0.29, 0.717) is 13.2 Å². The molecule has 1 aromatic heterocycles. The van der Waals surface area contributed by atoms with Crippen molar-refractivity contribution in [3.8, 4) is 11.5 Å². The Morgan fingerprint density at radius 3 is 2.42 bits per heavy atom. The summed E-state index contributed by atoms with van der Waals surface area (Å²) in [5, 5.41) is 0. The minimum atomic E-state index is 0.411. The Balaban J connectivity index is 1.69. The van der Waals surface area contributed by atoms with Crippen LogP contribution in [0.25, 0.3) is 11.0 Å². The van der Waals surface area contributed by atoms with Gasteiger partial charge in [-0.2, -0.15) is 0 Å². The van der Waals surface area contributed by atoms with Gasteiger partial charge in [0, 0.05) is 5.56 Å². The number of methoxy groups -OCH3 is 1. The van der Waals surface area contributed by atoms with Crippen molar-refractivity contribution in [2.45, 2.75) is 13.2 Å². The maximum Gasteiger partial charge on any atom is 0.148 e. The van der Waals surface area contributed by atoms with Crippen molar-refractivity contribution < 1.29 is 9.47 Å². The predicted molar refractivity (Wildman–Crippen MR) is 103 cm³/mol. The molecule has 4 aromatic rings. The maximum atomic E-state index is 5.94. The lowest BCUT2D eigenvalue weighted by molar-refractivity contribution is 0.291. The van der Waals surface area contributed by atoms with Crippen LogP contribution in [0.3, 0.4) is 0 Å². The van der Waals surface area contributed by atoms with E-state index in [1.54, 1.807) is 7.11 Å². The van der Waals surface area contributed by atoms with E-state index in [2.05, 4.69) is 16.7 Å². The smallest absolute Gasteiger partial charge is 0.148 e. The highest BCUT2D eigenvalue weighted by Crippen LogP contribution is 2.24. The third kappa shape index (κ3) is 3.26. The molecule has 0 bridgehead atoms. The van der Waals surface area contributed by atoms with Crippen LogP contribution < -0.4 is 9.47 Å². The van der Waals surface area contributed by atoms with Crippen LogP contribution >= 0.6 is 0 Å². The number of nitrogens with zero attached hydrogens (tertiary/aromatic N) is 2. The minimum absolute atomic E-state index is 0.411. The molecule has 26 heavy (non-hydrogen) atoms. The molecule has 0 spiro atoms. The normalized spacial score (nSPS) is 10.8. The highest BCUT2D eigenvalue weighted by molar-refractivity contribution is 5.76. The first-order chi connectivity index (χ1) is 12.8. The Hall–Kier alpha value is -3.27. The van der Waals surface area contributed by atoms with Crippen LogP contribution in [0, 0.1) is 0 Å². The molecule has 0 N–H and O–H groups in total. The lowest BCUT2D eigenvalue weighted by Crippen LogP contribution is -2.09. The van der Waals surface area contributed by atoms with Gasteiger partial charge in [-0.25, -0.2) is 4.98 Å². The highest BCUT2D eigenvalue weighted by atomic mass is 16.5. The van der Waals surface area contributed by atoms with Crippen LogP contribution in [0.2, 0.25) is 0 Å². The van der Waals surface area contributed by atoms with E-state index in [-0.39, 0.29) is 0 Å². The largest absolute Gasteiger partial charge is 0.496 e. The number of hydrogen-bond donors (Lipinski definition) is 0. The number of fused-ring (bicyclic) bond motifs is 1. The summed E-state index contributed by atoms with van der Waals surface area (Å²) in [5.74, 6) is 2.60. The van der Waals surface area contributed by atoms with Gasteiger partial charge in [-0.3, -0.25) is 0 Å². The van der Waals surface area contributed by atoms with Crippen LogP contribution in [-0.4, -0.2) is 16.7 Å². The Bertz CT molecular complexity index is 1010. The Morgan fingerprint density at radius 2 is 1.58 bits per heavy atom. The summed E-state index contributed by atoms with van der Waals surface area (Å²) >= 11 is 0. The average Bonchev–Trinajstić information content (AvgIpc) is 3.05. The van der Waals surface area contributed by atoms with E-state index in [4.69, 9.17) is 14.5 Å². The Morgan fingerprint density at radius 1 is 0.846 bits per heavy atom. The van der Waals surface area contributed by atoms with Gasteiger partial charge in [0.15, 0.2) is 0 Å². The number of aromatic nitrogens is 2. The van der Waals surface area contributed by atoms with Crippen LogP contribution in [0.4, 0.5) is 0 Å². The summed E-state index contributed by atoms with van der Waals surface area (Å²) in [7, 11) is 1.70. The molecule has 0 unspecified atom stereocenters. The molecule has 0 radical (unpaired) electrons. The molecular weight excluding hydrogens is 324 g/mol. The van der Waals surface area contributed by atoms with Crippen molar-refractivity contribution in [1.29, 1.82) is 0 Å². The molecule has 0 aliphatic carbocycles. The second kappa shape index (κ2) is 7.31.